The van der Waals surface area contributed by atoms with Crippen molar-refractivity contribution in [2.24, 2.45) is 0 Å². The number of unbranched alkanes of at least 4 members (excludes halogenated alkanes) is 1. The summed E-state index contributed by atoms with van der Waals surface area (Å²) in [5, 5.41) is 0. The Morgan fingerprint density at radius 1 is 1.38 bits per heavy atom. The number of hydrogen-bond donors (Lipinski definition) is 0. The van der Waals surface area contributed by atoms with Crippen LogP contribution in [0, 0.1) is 0 Å². The van der Waals surface area contributed by atoms with Gasteiger partial charge in [-0.05, 0) is 31.4 Å². The van der Waals surface area contributed by atoms with Gasteiger partial charge in [0.15, 0.2) is 0 Å². The first-order chi connectivity index (χ1) is 10.2. The van der Waals surface area contributed by atoms with Gasteiger partial charge in [0.05, 0.1) is 26.2 Å². The third-order valence-electron chi connectivity index (χ3n) is 3.63. The number of rotatable bonds is 7. The predicted molar refractivity (Wildman–Crippen MR) is 80.9 cm³/mol. The third kappa shape index (κ3) is 4.38. The lowest BCUT2D eigenvalue weighted by atomic mass is 9.90. The molecule has 0 amide bonds. The van der Waals surface area contributed by atoms with E-state index in [-0.39, 0.29) is 11.9 Å². The van der Waals surface area contributed by atoms with E-state index in [0.717, 1.165) is 42.9 Å². The van der Waals surface area contributed by atoms with Crippen LogP contribution >= 0.6 is 0 Å². The molecule has 0 unspecified atom stereocenters. The van der Waals surface area contributed by atoms with E-state index in [1.165, 1.54) is 0 Å². The fourth-order valence-electron chi connectivity index (χ4n) is 2.50. The molecule has 21 heavy (non-hydrogen) atoms. The number of carbonyl (C=O) groups is 1. The van der Waals surface area contributed by atoms with E-state index in [1.807, 2.05) is 25.1 Å². The minimum atomic E-state index is -0.140. The number of hydrogen-bond acceptors (Lipinski definition) is 4. The van der Waals surface area contributed by atoms with Crippen molar-refractivity contribution >= 4 is 5.97 Å². The Morgan fingerprint density at radius 2 is 2.24 bits per heavy atom. The Kier molecular flexibility index (Phi) is 5.90. The molecule has 1 aromatic rings. The van der Waals surface area contributed by atoms with Crippen molar-refractivity contribution in [1.82, 2.24) is 0 Å². The van der Waals surface area contributed by atoms with Crippen LogP contribution in [0.1, 0.15) is 51.0 Å². The topological polar surface area (TPSA) is 44.8 Å². The maximum Gasteiger partial charge on any atom is 0.306 e. The van der Waals surface area contributed by atoms with Crippen LogP contribution < -0.4 is 9.47 Å². The molecule has 0 fully saturated rings. The summed E-state index contributed by atoms with van der Waals surface area (Å²) in [6.45, 7) is 5.76. The van der Waals surface area contributed by atoms with E-state index in [9.17, 15) is 4.79 Å². The minimum Gasteiger partial charge on any atom is -0.493 e. The second-order valence-corrected chi connectivity index (χ2v) is 5.24. The molecule has 1 aliphatic rings. The highest BCUT2D eigenvalue weighted by Gasteiger charge is 2.24. The molecule has 0 aromatic heterocycles. The summed E-state index contributed by atoms with van der Waals surface area (Å²) in [6, 6.07) is 5.91. The van der Waals surface area contributed by atoms with Crippen molar-refractivity contribution in [3.8, 4) is 11.5 Å². The van der Waals surface area contributed by atoms with Gasteiger partial charge in [0.25, 0.3) is 0 Å². The van der Waals surface area contributed by atoms with E-state index < -0.39 is 0 Å². The quantitative estimate of drug-likeness (QED) is 0.568. The Bertz CT molecular complexity index is 470. The lowest BCUT2D eigenvalue weighted by Gasteiger charge is -2.25. The maximum absolute atomic E-state index is 11.7. The monoisotopic (exact) mass is 292 g/mol. The molecule has 4 nitrogen and oxygen atoms in total. The van der Waals surface area contributed by atoms with E-state index in [0.29, 0.717) is 19.6 Å². The summed E-state index contributed by atoms with van der Waals surface area (Å²) in [5.74, 6) is 1.71. The van der Waals surface area contributed by atoms with Gasteiger partial charge in [-0.1, -0.05) is 19.4 Å². The van der Waals surface area contributed by atoms with E-state index in [4.69, 9.17) is 14.2 Å². The SMILES string of the molecule is CCCCOc1ccc2c(c1)OCC[C@H]2CC(=O)OCC. The van der Waals surface area contributed by atoms with Crippen molar-refractivity contribution in [3.63, 3.8) is 0 Å². The largest absolute Gasteiger partial charge is 0.493 e. The Morgan fingerprint density at radius 3 is 3.00 bits per heavy atom. The number of carbonyl (C=O) groups excluding carboxylic acids is 1. The van der Waals surface area contributed by atoms with Crippen LogP contribution in [0.25, 0.3) is 0 Å². The number of benzene rings is 1. The van der Waals surface area contributed by atoms with Crippen molar-refractivity contribution < 1.29 is 19.0 Å². The molecule has 0 bridgehead atoms. The first-order valence-electron chi connectivity index (χ1n) is 7.79. The molecule has 0 aliphatic carbocycles. The molecule has 0 radical (unpaired) electrons. The first kappa shape index (κ1) is 15.7. The standard InChI is InChI=1S/C17H24O4/c1-3-5-9-20-14-6-7-15-13(11-17(18)19-4-2)8-10-21-16(15)12-14/h6-7,12-13H,3-5,8-11H2,1-2H3/t13-/m0/s1. The van der Waals surface area contributed by atoms with Gasteiger partial charge in [-0.3, -0.25) is 4.79 Å². The molecule has 1 aromatic carbocycles. The molecular weight excluding hydrogens is 268 g/mol. The zero-order valence-electron chi connectivity index (χ0n) is 12.9. The fourth-order valence-corrected chi connectivity index (χ4v) is 2.50. The summed E-state index contributed by atoms with van der Waals surface area (Å²) < 4.78 is 16.5. The Labute approximate surface area is 126 Å². The molecule has 0 saturated heterocycles. The van der Waals surface area contributed by atoms with Crippen LogP contribution in [0.15, 0.2) is 18.2 Å². The lowest BCUT2D eigenvalue weighted by Crippen LogP contribution is -2.18. The summed E-state index contributed by atoms with van der Waals surface area (Å²) >= 11 is 0. The zero-order valence-corrected chi connectivity index (χ0v) is 12.9. The van der Waals surface area contributed by atoms with E-state index in [2.05, 4.69) is 6.92 Å². The van der Waals surface area contributed by atoms with E-state index >= 15 is 0 Å². The van der Waals surface area contributed by atoms with Gasteiger partial charge < -0.3 is 14.2 Å². The smallest absolute Gasteiger partial charge is 0.306 e. The molecule has 116 valence electrons. The highest BCUT2D eigenvalue weighted by molar-refractivity contribution is 5.71. The Balaban J connectivity index is 2.03. The van der Waals surface area contributed by atoms with Crippen molar-refractivity contribution in [3.05, 3.63) is 23.8 Å². The average Bonchev–Trinajstić information content (AvgIpc) is 2.48. The van der Waals surface area contributed by atoms with Crippen LogP contribution in [-0.2, 0) is 9.53 Å². The third-order valence-corrected chi connectivity index (χ3v) is 3.63. The predicted octanol–water partition coefficient (Wildman–Crippen LogP) is 3.68. The summed E-state index contributed by atoms with van der Waals surface area (Å²) in [5.41, 5.74) is 1.08. The molecule has 2 rings (SSSR count). The second kappa shape index (κ2) is 7.91. The van der Waals surface area contributed by atoms with Crippen molar-refractivity contribution in [2.45, 2.75) is 45.4 Å². The molecule has 1 atom stereocenters. The van der Waals surface area contributed by atoms with Crippen LogP contribution in [-0.4, -0.2) is 25.8 Å². The number of esters is 1. The van der Waals surface area contributed by atoms with Crippen LogP contribution in [0.5, 0.6) is 11.5 Å². The molecule has 0 N–H and O–H groups in total. The van der Waals surface area contributed by atoms with Crippen LogP contribution in [0.3, 0.4) is 0 Å². The van der Waals surface area contributed by atoms with Crippen LogP contribution in [0.2, 0.25) is 0 Å². The summed E-state index contributed by atoms with van der Waals surface area (Å²) in [4.78, 5) is 11.7. The minimum absolute atomic E-state index is 0.140. The average molecular weight is 292 g/mol. The maximum atomic E-state index is 11.7. The van der Waals surface area contributed by atoms with Gasteiger partial charge in [-0.15, -0.1) is 0 Å². The molecule has 0 saturated carbocycles. The van der Waals surface area contributed by atoms with Gasteiger partial charge in [-0.25, -0.2) is 0 Å². The van der Waals surface area contributed by atoms with Gasteiger partial charge in [0.1, 0.15) is 11.5 Å². The van der Waals surface area contributed by atoms with E-state index in [1.54, 1.807) is 0 Å². The zero-order chi connectivity index (χ0) is 15.1. The normalized spacial score (nSPS) is 16.8. The second-order valence-electron chi connectivity index (χ2n) is 5.24. The molecule has 1 aliphatic heterocycles. The molecule has 4 heteroatoms. The fraction of sp³-hybridized carbons (Fsp3) is 0.588. The number of ether oxygens (including phenoxy) is 3. The van der Waals surface area contributed by atoms with Gasteiger partial charge in [-0.2, -0.15) is 0 Å². The Hall–Kier alpha value is -1.71. The van der Waals surface area contributed by atoms with Gasteiger partial charge in [0, 0.05) is 12.0 Å². The highest BCUT2D eigenvalue weighted by Crippen LogP contribution is 2.38. The summed E-state index contributed by atoms with van der Waals surface area (Å²) in [7, 11) is 0. The van der Waals surface area contributed by atoms with Crippen molar-refractivity contribution in [2.75, 3.05) is 19.8 Å². The summed E-state index contributed by atoms with van der Waals surface area (Å²) in [6.07, 6.45) is 3.43. The van der Waals surface area contributed by atoms with Gasteiger partial charge in [0.2, 0.25) is 0 Å². The highest BCUT2D eigenvalue weighted by atomic mass is 16.5. The molecular formula is C17H24O4. The first-order valence-corrected chi connectivity index (χ1v) is 7.79. The lowest BCUT2D eigenvalue weighted by molar-refractivity contribution is -0.143. The number of fused-ring (bicyclic) bond motifs is 1. The molecule has 1 heterocycles. The molecule has 0 spiro atoms. The van der Waals surface area contributed by atoms with Crippen molar-refractivity contribution in [1.29, 1.82) is 0 Å². The van der Waals surface area contributed by atoms with Crippen LogP contribution in [0.4, 0.5) is 0 Å². The van der Waals surface area contributed by atoms with Gasteiger partial charge >= 0.3 is 5.97 Å².